The predicted molar refractivity (Wildman–Crippen MR) is 136 cm³/mol. The minimum Gasteiger partial charge on any atom is -0.760 e. The number of anilines is 1. The predicted octanol–water partition coefficient (Wildman–Crippen LogP) is 3.88. The molecule has 3 unspecified atom stereocenters. The summed E-state index contributed by atoms with van der Waals surface area (Å²) >= 11 is -2.14. The fourth-order valence-corrected chi connectivity index (χ4v) is 7.14. The molecule has 2 heterocycles. The maximum atomic E-state index is 10.6. The zero-order valence-electron chi connectivity index (χ0n) is 19.9. The SMILES string of the molecule is O=S([O-])NCCCC1CN(c2ccc3c(c2)[C@@H](Cc2ccccc2)[C@@H](N2CC4CC4C2)CC3)C1. The minimum atomic E-state index is -2.14. The number of likely N-dealkylation sites (tertiary alicyclic amines) is 1. The van der Waals surface area contributed by atoms with Crippen LogP contribution >= 0.6 is 0 Å². The smallest absolute Gasteiger partial charge is 0.0369 e. The third kappa shape index (κ3) is 4.83. The van der Waals surface area contributed by atoms with E-state index in [-0.39, 0.29) is 0 Å². The van der Waals surface area contributed by atoms with Crippen LogP contribution in [0.4, 0.5) is 5.69 Å². The Labute approximate surface area is 206 Å². The first-order valence-electron chi connectivity index (χ1n) is 13.1. The standard InChI is InChI=1S/C28H37N3O2S/c32-34(33)29-12-4-7-21-16-30(17-21)25-10-8-22-9-11-28(31-18-23-14-24(23)19-31)27(26(22)15-25)13-20-5-2-1-3-6-20/h1-3,5-6,8,10,15,21,23-24,27-29H,4,7,9,11-14,16-19H2,(H,32,33)/p-1/t23?,24?,27-,28+/m1/s1. The summed E-state index contributed by atoms with van der Waals surface area (Å²) in [6, 6.07) is 19.0. The number of aryl methyl sites for hydroxylation is 1. The second-order valence-corrected chi connectivity index (χ2v) is 11.8. The van der Waals surface area contributed by atoms with Crippen LogP contribution in [0, 0.1) is 17.8 Å². The molecule has 6 rings (SSSR count). The normalized spacial score (nSPS) is 29.4. The number of hydrogen-bond acceptors (Lipinski definition) is 4. The lowest BCUT2D eigenvalue weighted by Crippen LogP contribution is -2.47. The molecular weight excluding hydrogens is 442 g/mol. The lowest BCUT2D eigenvalue weighted by Gasteiger charge is -2.43. The summed E-state index contributed by atoms with van der Waals surface area (Å²) in [5.74, 6) is 3.20. The van der Waals surface area contributed by atoms with Crippen molar-refractivity contribution in [2.24, 2.45) is 17.8 Å². The summed E-state index contributed by atoms with van der Waals surface area (Å²) in [6.45, 7) is 5.35. The Morgan fingerprint density at radius 3 is 2.59 bits per heavy atom. The molecule has 2 aliphatic carbocycles. The molecule has 4 aliphatic rings. The van der Waals surface area contributed by atoms with E-state index in [0.717, 1.165) is 44.2 Å². The van der Waals surface area contributed by atoms with Gasteiger partial charge >= 0.3 is 0 Å². The topological polar surface area (TPSA) is 58.6 Å². The molecule has 0 bridgehead atoms. The third-order valence-electron chi connectivity index (χ3n) is 8.81. The molecule has 1 saturated carbocycles. The van der Waals surface area contributed by atoms with Crippen molar-refractivity contribution in [3.8, 4) is 0 Å². The van der Waals surface area contributed by atoms with Gasteiger partial charge in [0.15, 0.2) is 0 Å². The van der Waals surface area contributed by atoms with E-state index < -0.39 is 11.3 Å². The van der Waals surface area contributed by atoms with Crippen molar-refractivity contribution in [1.29, 1.82) is 0 Å². The van der Waals surface area contributed by atoms with Gasteiger partial charge in [-0.2, -0.15) is 0 Å². The number of rotatable bonds is 9. The first-order chi connectivity index (χ1) is 16.6. The molecule has 5 atom stereocenters. The average molecular weight is 479 g/mol. The molecule has 2 aromatic rings. The van der Waals surface area contributed by atoms with E-state index in [1.54, 1.807) is 11.1 Å². The van der Waals surface area contributed by atoms with Crippen LogP contribution in [0.15, 0.2) is 48.5 Å². The maximum Gasteiger partial charge on any atom is 0.0369 e. The van der Waals surface area contributed by atoms with Gasteiger partial charge in [0.2, 0.25) is 0 Å². The van der Waals surface area contributed by atoms with Crippen LogP contribution in [0.3, 0.4) is 0 Å². The number of hydrogen-bond donors (Lipinski definition) is 1. The monoisotopic (exact) mass is 478 g/mol. The summed E-state index contributed by atoms with van der Waals surface area (Å²) in [5.41, 5.74) is 5.97. The highest BCUT2D eigenvalue weighted by Gasteiger charge is 2.48. The van der Waals surface area contributed by atoms with Gasteiger partial charge in [-0.1, -0.05) is 36.4 Å². The lowest BCUT2D eigenvalue weighted by molar-refractivity contribution is 0.171. The largest absolute Gasteiger partial charge is 0.760 e. The fraction of sp³-hybridized carbons (Fsp3) is 0.571. The molecule has 2 aliphatic heterocycles. The highest BCUT2D eigenvalue weighted by molar-refractivity contribution is 7.77. The van der Waals surface area contributed by atoms with Crippen molar-refractivity contribution in [3.05, 3.63) is 65.2 Å². The third-order valence-corrected chi connectivity index (χ3v) is 9.25. The molecule has 0 amide bonds. The molecule has 1 N–H and O–H groups in total. The van der Waals surface area contributed by atoms with Gasteiger partial charge in [-0.05, 0) is 85.1 Å². The Hall–Kier alpha value is -1.73. The summed E-state index contributed by atoms with van der Waals surface area (Å²) in [4.78, 5) is 5.35. The molecule has 5 nitrogen and oxygen atoms in total. The molecule has 34 heavy (non-hydrogen) atoms. The van der Waals surface area contributed by atoms with Crippen LogP contribution in [0.1, 0.15) is 48.3 Å². The highest BCUT2D eigenvalue weighted by atomic mass is 32.2. The van der Waals surface area contributed by atoms with Crippen molar-refractivity contribution in [1.82, 2.24) is 9.62 Å². The first kappa shape index (κ1) is 22.7. The Morgan fingerprint density at radius 1 is 1.03 bits per heavy atom. The lowest BCUT2D eigenvalue weighted by atomic mass is 9.75. The van der Waals surface area contributed by atoms with Crippen LogP contribution in [-0.4, -0.2) is 52.4 Å². The molecule has 6 heteroatoms. The number of benzene rings is 2. The summed E-state index contributed by atoms with van der Waals surface area (Å²) in [7, 11) is 0. The second-order valence-electron chi connectivity index (χ2n) is 11.0. The van der Waals surface area contributed by atoms with Crippen molar-refractivity contribution < 1.29 is 8.76 Å². The van der Waals surface area contributed by atoms with Crippen LogP contribution < -0.4 is 9.62 Å². The van der Waals surface area contributed by atoms with Crippen molar-refractivity contribution in [3.63, 3.8) is 0 Å². The van der Waals surface area contributed by atoms with Crippen LogP contribution in [0.5, 0.6) is 0 Å². The van der Waals surface area contributed by atoms with Crippen molar-refractivity contribution in [2.45, 2.75) is 50.5 Å². The first-order valence-corrected chi connectivity index (χ1v) is 14.2. The quantitative estimate of drug-likeness (QED) is 0.439. The molecule has 2 aromatic carbocycles. The molecule has 0 radical (unpaired) electrons. The van der Waals surface area contributed by atoms with Crippen LogP contribution in [-0.2, 0) is 24.1 Å². The van der Waals surface area contributed by atoms with E-state index in [4.69, 9.17) is 0 Å². The van der Waals surface area contributed by atoms with E-state index >= 15 is 0 Å². The van der Waals surface area contributed by atoms with Gasteiger partial charge in [0.1, 0.15) is 0 Å². The Balaban J connectivity index is 1.17. The van der Waals surface area contributed by atoms with Gasteiger partial charge < -0.3 is 9.45 Å². The van der Waals surface area contributed by atoms with E-state index in [2.05, 4.69) is 63.1 Å². The maximum absolute atomic E-state index is 10.6. The van der Waals surface area contributed by atoms with Gasteiger partial charge in [0.25, 0.3) is 0 Å². The number of nitrogens with one attached hydrogen (secondary N) is 1. The van der Waals surface area contributed by atoms with E-state index in [9.17, 15) is 8.76 Å². The summed E-state index contributed by atoms with van der Waals surface area (Å²) in [6.07, 6.45) is 7.08. The molecule has 0 spiro atoms. The van der Waals surface area contributed by atoms with E-state index in [1.165, 1.54) is 43.6 Å². The van der Waals surface area contributed by atoms with Crippen molar-refractivity contribution >= 4 is 17.0 Å². The van der Waals surface area contributed by atoms with Crippen LogP contribution in [0.2, 0.25) is 0 Å². The number of fused-ring (bicyclic) bond motifs is 2. The molecule has 2 saturated heterocycles. The molecule has 3 fully saturated rings. The molecule has 182 valence electrons. The van der Waals surface area contributed by atoms with Gasteiger partial charge in [-0.3, -0.25) is 9.11 Å². The van der Waals surface area contributed by atoms with Gasteiger partial charge in [0.05, 0.1) is 0 Å². The summed E-state index contributed by atoms with van der Waals surface area (Å²) in [5, 5.41) is 0. The van der Waals surface area contributed by atoms with Crippen molar-refractivity contribution in [2.75, 3.05) is 37.6 Å². The minimum absolute atomic E-state index is 0.548. The molecular formula is C28H36N3O2S-. The zero-order valence-corrected chi connectivity index (χ0v) is 20.7. The van der Waals surface area contributed by atoms with Crippen LogP contribution in [0.25, 0.3) is 0 Å². The average Bonchev–Trinajstić information content (AvgIpc) is 3.43. The Morgan fingerprint density at radius 2 is 1.82 bits per heavy atom. The van der Waals surface area contributed by atoms with Gasteiger partial charge in [-0.25, -0.2) is 4.72 Å². The Kier molecular flexibility index (Phi) is 6.50. The second kappa shape index (κ2) is 9.73. The zero-order chi connectivity index (χ0) is 23.1. The van der Waals surface area contributed by atoms with E-state index in [1.807, 2.05) is 0 Å². The highest BCUT2D eigenvalue weighted by Crippen LogP contribution is 2.49. The Bertz CT molecular complexity index is 1020. The van der Waals surface area contributed by atoms with Gasteiger partial charge in [-0.15, -0.1) is 0 Å². The molecule has 0 aromatic heterocycles. The number of piperidine rings is 1. The number of nitrogens with zero attached hydrogens (tertiary/aromatic N) is 2. The van der Waals surface area contributed by atoms with E-state index in [0.29, 0.717) is 24.4 Å². The summed E-state index contributed by atoms with van der Waals surface area (Å²) < 4.78 is 23.7. The van der Waals surface area contributed by atoms with Gasteiger partial charge in [0, 0.05) is 61.6 Å². The fourth-order valence-electron chi connectivity index (χ4n) is 6.83.